The highest BCUT2D eigenvalue weighted by molar-refractivity contribution is 5.76. The zero-order valence-corrected chi connectivity index (χ0v) is 31.1. The summed E-state index contributed by atoms with van der Waals surface area (Å²) in [7, 11) is 0. The van der Waals surface area contributed by atoms with Gasteiger partial charge in [-0.15, -0.1) is 0 Å². The van der Waals surface area contributed by atoms with Gasteiger partial charge in [0.05, 0.1) is 32.0 Å². The van der Waals surface area contributed by atoms with E-state index in [1.165, 1.54) is 57.8 Å². The van der Waals surface area contributed by atoms with Crippen molar-refractivity contribution in [3.63, 3.8) is 0 Å². The van der Waals surface area contributed by atoms with E-state index in [9.17, 15) is 45.6 Å². The zero-order chi connectivity index (χ0) is 37.6. The lowest BCUT2D eigenvalue weighted by Crippen LogP contribution is -2.65. The number of aliphatic hydroxyl groups is 8. The first-order valence-electron chi connectivity index (χ1n) is 19.8. The van der Waals surface area contributed by atoms with Crippen molar-refractivity contribution in [1.82, 2.24) is 5.32 Å². The third-order valence-corrected chi connectivity index (χ3v) is 10.1. The van der Waals surface area contributed by atoms with Gasteiger partial charge in [-0.3, -0.25) is 4.79 Å². The maximum absolute atomic E-state index is 12.8. The van der Waals surface area contributed by atoms with Crippen molar-refractivity contribution < 1.29 is 64.6 Å². The van der Waals surface area contributed by atoms with Crippen LogP contribution in [0, 0.1) is 0 Å². The maximum Gasteiger partial charge on any atom is 0.220 e. The molecule has 0 saturated carbocycles. The zero-order valence-electron chi connectivity index (χ0n) is 31.1. The summed E-state index contributed by atoms with van der Waals surface area (Å²) in [6.07, 6.45) is 3.39. The highest BCUT2D eigenvalue weighted by Gasteiger charge is 2.50. The molecule has 0 aromatic rings. The Morgan fingerprint density at radius 2 is 1.12 bits per heavy atom. The largest absolute Gasteiger partial charge is 0.394 e. The third-order valence-electron chi connectivity index (χ3n) is 10.1. The predicted molar refractivity (Wildman–Crippen MR) is 189 cm³/mol. The number of hydrogen-bond acceptors (Lipinski definition) is 13. The minimum Gasteiger partial charge on any atom is -0.394 e. The molecule has 0 aromatic heterocycles. The molecule has 14 heteroatoms. The van der Waals surface area contributed by atoms with Crippen LogP contribution in [0.3, 0.4) is 0 Å². The van der Waals surface area contributed by atoms with Gasteiger partial charge in [0.25, 0.3) is 0 Å². The molecule has 0 radical (unpaired) electrons. The van der Waals surface area contributed by atoms with Gasteiger partial charge in [-0.1, -0.05) is 117 Å². The van der Waals surface area contributed by atoms with E-state index in [1.54, 1.807) is 0 Å². The molecule has 2 fully saturated rings. The Labute approximate surface area is 304 Å². The second-order valence-corrected chi connectivity index (χ2v) is 14.4. The van der Waals surface area contributed by atoms with Crippen LogP contribution in [0.4, 0.5) is 0 Å². The molecular weight excluding hydrogens is 666 g/mol. The van der Waals surface area contributed by atoms with Gasteiger partial charge in [0, 0.05) is 6.42 Å². The first-order valence-corrected chi connectivity index (χ1v) is 19.8. The standard InChI is InChI=1S/C37H71NO13/c1-3-5-7-9-10-11-12-13-14-15-16-17-18-20-26(41)25(38-29(42)21-19-8-6-4-2)24-48-36-34(47)32(45)35(28(23-40)50-36)51-37-33(46)31(44)30(43)27(22-39)49-37/h25-28,30-37,39-41,43-47H,3-24H2,1-2H3,(H,38,42). The van der Waals surface area contributed by atoms with Crippen LogP contribution in [-0.4, -0.2) is 140 Å². The fraction of sp³-hybridized carbons (Fsp3) is 0.973. The number of rotatable bonds is 28. The van der Waals surface area contributed by atoms with Gasteiger partial charge in [0.15, 0.2) is 12.6 Å². The molecule has 0 aromatic carbocycles. The number of nitrogens with one attached hydrogen (secondary N) is 1. The summed E-state index contributed by atoms with van der Waals surface area (Å²) >= 11 is 0. The van der Waals surface area contributed by atoms with Crippen molar-refractivity contribution in [2.75, 3.05) is 19.8 Å². The molecule has 14 nitrogen and oxygen atoms in total. The van der Waals surface area contributed by atoms with Crippen molar-refractivity contribution in [2.45, 2.75) is 209 Å². The molecule has 9 N–H and O–H groups in total. The summed E-state index contributed by atoms with van der Waals surface area (Å²) < 4.78 is 22.5. The molecule has 2 rings (SSSR count). The van der Waals surface area contributed by atoms with Crippen LogP contribution >= 0.6 is 0 Å². The third kappa shape index (κ3) is 16.5. The number of aliphatic hydroxyl groups excluding tert-OH is 8. The van der Waals surface area contributed by atoms with Crippen LogP contribution in [0.5, 0.6) is 0 Å². The highest BCUT2D eigenvalue weighted by atomic mass is 16.7. The molecule has 2 aliphatic rings. The summed E-state index contributed by atoms with van der Waals surface area (Å²) in [4.78, 5) is 12.8. The maximum atomic E-state index is 12.8. The second kappa shape index (κ2) is 26.7. The van der Waals surface area contributed by atoms with Gasteiger partial charge in [0.1, 0.15) is 48.8 Å². The van der Waals surface area contributed by atoms with Crippen molar-refractivity contribution >= 4 is 5.91 Å². The Bertz CT molecular complexity index is 883. The molecule has 12 atom stereocenters. The summed E-state index contributed by atoms with van der Waals surface area (Å²) in [5, 5.41) is 85.9. The minimum absolute atomic E-state index is 0.226. The van der Waals surface area contributed by atoms with Gasteiger partial charge in [0.2, 0.25) is 5.91 Å². The average Bonchev–Trinajstić information content (AvgIpc) is 3.12. The normalized spacial score (nSPS) is 31.0. The smallest absolute Gasteiger partial charge is 0.220 e. The van der Waals surface area contributed by atoms with E-state index in [1.807, 2.05) is 0 Å². The molecule has 2 aliphatic heterocycles. The summed E-state index contributed by atoms with van der Waals surface area (Å²) in [6.45, 7) is 2.68. The molecular formula is C37H71NO13. The molecule has 2 heterocycles. The number of ether oxygens (including phenoxy) is 4. The van der Waals surface area contributed by atoms with Crippen LogP contribution in [0.15, 0.2) is 0 Å². The van der Waals surface area contributed by atoms with Crippen LogP contribution in [0.1, 0.15) is 136 Å². The topological polar surface area (TPSA) is 228 Å². The van der Waals surface area contributed by atoms with E-state index in [0.29, 0.717) is 19.3 Å². The van der Waals surface area contributed by atoms with E-state index >= 15 is 0 Å². The van der Waals surface area contributed by atoms with E-state index in [0.717, 1.165) is 44.9 Å². The Morgan fingerprint density at radius 1 is 0.627 bits per heavy atom. The molecule has 0 aliphatic carbocycles. The Balaban J connectivity index is 1.89. The number of carbonyl (C=O) groups excluding carboxylic acids is 1. The van der Waals surface area contributed by atoms with Crippen LogP contribution in [0.2, 0.25) is 0 Å². The van der Waals surface area contributed by atoms with Crippen molar-refractivity contribution in [3.05, 3.63) is 0 Å². The van der Waals surface area contributed by atoms with Crippen molar-refractivity contribution in [1.29, 1.82) is 0 Å². The van der Waals surface area contributed by atoms with Crippen LogP contribution in [0.25, 0.3) is 0 Å². The quantitative estimate of drug-likeness (QED) is 0.0524. The van der Waals surface area contributed by atoms with Gasteiger partial charge in [-0.2, -0.15) is 0 Å². The molecule has 51 heavy (non-hydrogen) atoms. The van der Waals surface area contributed by atoms with E-state index in [2.05, 4.69) is 19.2 Å². The molecule has 1 amide bonds. The minimum atomic E-state index is -1.77. The Kier molecular flexibility index (Phi) is 24.2. The lowest BCUT2D eigenvalue weighted by atomic mass is 9.97. The second-order valence-electron chi connectivity index (χ2n) is 14.4. The van der Waals surface area contributed by atoms with E-state index in [4.69, 9.17) is 18.9 Å². The van der Waals surface area contributed by atoms with Crippen molar-refractivity contribution in [3.8, 4) is 0 Å². The Morgan fingerprint density at radius 3 is 1.67 bits per heavy atom. The number of hydrogen-bond donors (Lipinski definition) is 9. The lowest BCUT2D eigenvalue weighted by molar-refractivity contribution is -0.359. The number of carbonyl (C=O) groups is 1. The number of amides is 1. The SMILES string of the molecule is CCCCCCCCCCCCCCCC(O)C(COC1OC(CO)C(OC2OC(CO)C(O)C(O)C2O)C(O)C1O)NC(=O)CCCCCC. The Hall–Kier alpha value is -1.01. The summed E-state index contributed by atoms with van der Waals surface area (Å²) in [5.41, 5.74) is 0. The van der Waals surface area contributed by atoms with E-state index in [-0.39, 0.29) is 12.5 Å². The van der Waals surface area contributed by atoms with Crippen LogP contribution < -0.4 is 5.32 Å². The lowest BCUT2D eigenvalue weighted by Gasteiger charge is -2.46. The molecule has 302 valence electrons. The molecule has 2 saturated heterocycles. The van der Waals surface area contributed by atoms with E-state index < -0.39 is 86.8 Å². The first-order chi connectivity index (χ1) is 24.6. The highest BCUT2D eigenvalue weighted by Crippen LogP contribution is 2.30. The fourth-order valence-corrected chi connectivity index (χ4v) is 6.70. The van der Waals surface area contributed by atoms with Gasteiger partial charge < -0.3 is 65.1 Å². The summed E-state index contributed by atoms with van der Waals surface area (Å²) in [6, 6.07) is -0.815. The van der Waals surface area contributed by atoms with Gasteiger partial charge >= 0.3 is 0 Å². The fourth-order valence-electron chi connectivity index (χ4n) is 6.70. The van der Waals surface area contributed by atoms with Crippen molar-refractivity contribution in [2.24, 2.45) is 0 Å². The predicted octanol–water partition coefficient (Wildman–Crippen LogP) is 1.92. The first kappa shape index (κ1) is 46.1. The molecule has 0 spiro atoms. The molecule has 12 unspecified atom stereocenters. The monoisotopic (exact) mass is 737 g/mol. The summed E-state index contributed by atoms with van der Waals surface area (Å²) in [5.74, 6) is -0.226. The average molecular weight is 738 g/mol. The van der Waals surface area contributed by atoms with Gasteiger partial charge in [-0.25, -0.2) is 0 Å². The molecule has 0 bridgehead atoms. The number of unbranched alkanes of at least 4 members (excludes halogenated alkanes) is 15. The van der Waals surface area contributed by atoms with Crippen LogP contribution in [-0.2, 0) is 23.7 Å². The van der Waals surface area contributed by atoms with Gasteiger partial charge in [-0.05, 0) is 12.8 Å².